The highest BCUT2D eigenvalue weighted by atomic mass is 19.2. The molecule has 1 heterocycles. The van der Waals surface area contributed by atoms with Crippen molar-refractivity contribution in [1.29, 1.82) is 0 Å². The lowest BCUT2D eigenvalue weighted by atomic mass is 10.3. The molecule has 15 heavy (non-hydrogen) atoms. The van der Waals surface area contributed by atoms with Crippen LogP contribution in [0.15, 0.2) is 30.7 Å². The molecule has 2 N–H and O–H groups in total. The van der Waals surface area contributed by atoms with Gasteiger partial charge in [0.2, 0.25) is 0 Å². The highest BCUT2D eigenvalue weighted by molar-refractivity contribution is 5.34. The predicted octanol–water partition coefficient (Wildman–Crippen LogP) is 1.61. The second-order valence-electron chi connectivity index (χ2n) is 3.05. The first-order valence-corrected chi connectivity index (χ1v) is 4.39. The maximum atomic E-state index is 13.3. The summed E-state index contributed by atoms with van der Waals surface area (Å²) < 4.78 is 27.7. The average Bonchev–Trinajstić information content (AvgIpc) is 2.70. The van der Waals surface area contributed by atoms with Gasteiger partial charge >= 0.3 is 0 Å². The summed E-state index contributed by atoms with van der Waals surface area (Å²) in [6, 6.07) is 3.98. The molecular weight excluding hydrogens is 200 g/mol. The number of nitrogens with zero attached hydrogens (tertiary/aromatic N) is 2. The minimum Gasteiger partial charge on any atom is -0.325 e. The summed E-state index contributed by atoms with van der Waals surface area (Å²) in [6.45, 7) is 0.268. The lowest BCUT2D eigenvalue weighted by Gasteiger charge is -2.03. The van der Waals surface area contributed by atoms with Crippen molar-refractivity contribution in [1.82, 2.24) is 9.55 Å². The van der Waals surface area contributed by atoms with E-state index in [1.807, 2.05) is 0 Å². The Balaban J connectivity index is 2.49. The average molecular weight is 209 g/mol. The number of hydrogen-bond acceptors (Lipinski definition) is 2. The molecule has 0 saturated carbocycles. The van der Waals surface area contributed by atoms with E-state index in [9.17, 15) is 8.78 Å². The van der Waals surface area contributed by atoms with Gasteiger partial charge in [0.25, 0.3) is 0 Å². The van der Waals surface area contributed by atoms with Crippen molar-refractivity contribution in [3.63, 3.8) is 0 Å². The molecule has 0 aliphatic heterocycles. The van der Waals surface area contributed by atoms with Crippen LogP contribution < -0.4 is 5.73 Å². The van der Waals surface area contributed by atoms with E-state index >= 15 is 0 Å². The Labute approximate surface area is 85.2 Å². The maximum absolute atomic E-state index is 13.3. The fourth-order valence-electron chi connectivity index (χ4n) is 1.29. The fraction of sp³-hybridized carbons (Fsp3) is 0.100. The third-order valence-corrected chi connectivity index (χ3v) is 2.05. The Kier molecular flexibility index (Phi) is 2.47. The van der Waals surface area contributed by atoms with Crippen LogP contribution in [-0.4, -0.2) is 9.55 Å². The van der Waals surface area contributed by atoms with E-state index in [2.05, 4.69) is 4.98 Å². The van der Waals surface area contributed by atoms with Crippen molar-refractivity contribution in [3.8, 4) is 5.69 Å². The van der Waals surface area contributed by atoms with Gasteiger partial charge in [0.1, 0.15) is 0 Å². The summed E-state index contributed by atoms with van der Waals surface area (Å²) in [5.41, 5.74) is 6.12. The van der Waals surface area contributed by atoms with Crippen LogP contribution in [0.25, 0.3) is 5.69 Å². The number of benzene rings is 1. The standard InChI is InChI=1S/C10H9F2N3/c11-8-2-1-3-9(10(8)12)15-5-7(4-13)14-6-15/h1-3,5-6H,4,13H2. The van der Waals surface area contributed by atoms with Crippen LogP contribution in [0, 0.1) is 11.6 Å². The topological polar surface area (TPSA) is 43.8 Å². The van der Waals surface area contributed by atoms with Gasteiger partial charge in [-0.1, -0.05) is 6.07 Å². The monoisotopic (exact) mass is 209 g/mol. The van der Waals surface area contributed by atoms with Crippen molar-refractivity contribution in [3.05, 3.63) is 48.1 Å². The van der Waals surface area contributed by atoms with Crippen LogP contribution in [0.2, 0.25) is 0 Å². The van der Waals surface area contributed by atoms with Crippen molar-refractivity contribution in [2.24, 2.45) is 5.73 Å². The van der Waals surface area contributed by atoms with Gasteiger partial charge in [-0.25, -0.2) is 13.8 Å². The summed E-state index contributed by atoms with van der Waals surface area (Å²) in [6.07, 6.45) is 2.97. The first-order chi connectivity index (χ1) is 7.22. The Bertz CT molecular complexity index is 479. The van der Waals surface area contributed by atoms with Crippen molar-refractivity contribution in [2.45, 2.75) is 6.54 Å². The van der Waals surface area contributed by atoms with E-state index in [1.165, 1.54) is 23.0 Å². The summed E-state index contributed by atoms with van der Waals surface area (Å²) in [5.74, 6) is -1.77. The molecular formula is C10H9F2N3. The van der Waals surface area contributed by atoms with Gasteiger partial charge in [-0.05, 0) is 12.1 Å². The van der Waals surface area contributed by atoms with E-state index in [4.69, 9.17) is 5.73 Å². The number of rotatable bonds is 2. The number of hydrogen-bond donors (Lipinski definition) is 1. The Morgan fingerprint density at radius 1 is 1.33 bits per heavy atom. The van der Waals surface area contributed by atoms with Crippen molar-refractivity contribution in [2.75, 3.05) is 0 Å². The molecule has 0 aliphatic rings. The summed E-state index contributed by atoms with van der Waals surface area (Å²) in [7, 11) is 0. The molecule has 0 saturated heterocycles. The molecule has 0 atom stereocenters. The maximum Gasteiger partial charge on any atom is 0.182 e. The highest BCUT2D eigenvalue weighted by Gasteiger charge is 2.09. The zero-order valence-corrected chi connectivity index (χ0v) is 7.82. The van der Waals surface area contributed by atoms with Crippen molar-refractivity contribution < 1.29 is 8.78 Å². The molecule has 3 nitrogen and oxygen atoms in total. The zero-order chi connectivity index (χ0) is 10.8. The molecule has 0 unspecified atom stereocenters. The predicted molar refractivity (Wildman–Crippen MR) is 51.4 cm³/mol. The molecule has 78 valence electrons. The SMILES string of the molecule is NCc1cn(-c2cccc(F)c2F)cn1. The molecule has 0 aliphatic carbocycles. The van der Waals surface area contributed by atoms with E-state index in [0.29, 0.717) is 5.69 Å². The molecule has 0 fully saturated rings. The van der Waals surface area contributed by atoms with Crippen molar-refractivity contribution >= 4 is 0 Å². The molecule has 0 bridgehead atoms. The zero-order valence-electron chi connectivity index (χ0n) is 7.82. The molecule has 2 aromatic rings. The first-order valence-electron chi connectivity index (χ1n) is 4.39. The van der Waals surface area contributed by atoms with Crippen LogP contribution in [0.4, 0.5) is 8.78 Å². The molecule has 2 rings (SSSR count). The second kappa shape index (κ2) is 3.78. The van der Waals surface area contributed by atoms with Gasteiger partial charge in [-0.15, -0.1) is 0 Å². The third-order valence-electron chi connectivity index (χ3n) is 2.05. The molecule has 0 amide bonds. The Morgan fingerprint density at radius 3 is 2.80 bits per heavy atom. The van der Waals surface area contributed by atoms with E-state index in [-0.39, 0.29) is 12.2 Å². The normalized spacial score (nSPS) is 10.6. The minimum absolute atomic E-state index is 0.127. The third kappa shape index (κ3) is 1.73. The van der Waals surface area contributed by atoms with Crippen LogP contribution in [0.5, 0.6) is 0 Å². The second-order valence-corrected chi connectivity index (χ2v) is 3.05. The molecule has 0 spiro atoms. The number of imidazole rings is 1. The molecule has 5 heteroatoms. The quantitative estimate of drug-likeness (QED) is 0.816. The van der Waals surface area contributed by atoms with Crippen LogP contribution in [-0.2, 0) is 6.54 Å². The molecule has 0 radical (unpaired) electrons. The van der Waals surface area contributed by atoms with Gasteiger partial charge < -0.3 is 10.3 Å². The Morgan fingerprint density at radius 2 is 2.13 bits per heavy atom. The lowest BCUT2D eigenvalue weighted by Crippen LogP contribution is -1.98. The minimum atomic E-state index is -0.890. The summed E-state index contributed by atoms with van der Waals surface area (Å²) in [5, 5.41) is 0. The summed E-state index contributed by atoms with van der Waals surface area (Å²) >= 11 is 0. The lowest BCUT2D eigenvalue weighted by molar-refractivity contribution is 0.504. The van der Waals surface area contributed by atoms with Crippen LogP contribution >= 0.6 is 0 Å². The van der Waals surface area contributed by atoms with Gasteiger partial charge in [-0.3, -0.25) is 0 Å². The first kappa shape index (κ1) is 9.79. The van der Waals surface area contributed by atoms with E-state index in [0.717, 1.165) is 6.07 Å². The van der Waals surface area contributed by atoms with Crippen LogP contribution in [0.1, 0.15) is 5.69 Å². The number of aromatic nitrogens is 2. The Hall–Kier alpha value is -1.75. The smallest absolute Gasteiger partial charge is 0.182 e. The van der Waals surface area contributed by atoms with E-state index < -0.39 is 11.6 Å². The van der Waals surface area contributed by atoms with Gasteiger partial charge in [-0.2, -0.15) is 0 Å². The number of nitrogens with two attached hydrogens (primary N) is 1. The molecule has 1 aromatic heterocycles. The fourth-order valence-corrected chi connectivity index (χ4v) is 1.29. The van der Waals surface area contributed by atoms with Gasteiger partial charge in [0.05, 0.1) is 17.7 Å². The van der Waals surface area contributed by atoms with E-state index in [1.54, 1.807) is 6.20 Å². The van der Waals surface area contributed by atoms with Crippen LogP contribution in [0.3, 0.4) is 0 Å². The largest absolute Gasteiger partial charge is 0.325 e. The molecule has 1 aromatic carbocycles. The highest BCUT2D eigenvalue weighted by Crippen LogP contribution is 2.16. The van der Waals surface area contributed by atoms with Gasteiger partial charge in [0, 0.05) is 12.7 Å². The van der Waals surface area contributed by atoms with Gasteiger partial charge in [0.15, 0.2) is 11.6 Å². The summed E-state index contributed by atoms with van der Waals surface area (Å²) in [4.78, 5) is 3.93. The number of halogens is 2.